The number of benzene rings is 1. The first-order chi connectivity index (χ1) is 10.0. The lowest BCUT2D eigenvalue weighted by Crippen LogP contribution is -2.37. The van der Waals surface area contributed by atoms with Gasteiger partial charge in [-0.05, 0) is 44.5 Å². The summed E-state index contributed by atoms with van der Waals surface area (Å²) in [4.78, 5) is 14.0. The lowest BCUT2D eigenvalue weighted by atomic mass is 10.1. The number of halogens is 1. The summed E-state index contributed by atoms with van der Waals surface area (Å²) in [5.74, 6) is -0.109. The predicted molar refractivity (Wildman–Crippen MR) is 85.6 cm³/mol. The third kappa shape index (κ3) is 5.19. The molecule has 1 atom stereocenters. The quantitative estimate of drug-likeness (QED) is 0.819. The maximum absolute atomic E-state index is 12.0. The maximum Gasteiger partial charge on any atom is 0.238 e. The predicted octanol–water partition coefficient (Wildman–Crippen LogP) is 2.36. The second-order valence-corrected chi connectivity index (χ2v) is 5.90. The van der Waals surface area contributed by atoms with Crippen molar-refractivity contribution in [1.82, 2.24) is 4.90 Å². The second kappa shape index (κ2) is 7.64. The lowest BCUT2D eigenvalue weighted by molar-refractivity contribution is -0.117. The van der Waals surface area contributed by atoms with Gasteiger partial charge in [0.2, 0.25) is 5.91 Å². The van der Waals surface area contributed by atoms with Crippen molar-refractivity contribution >= 4 is 28.9 Å². The van der Waals surface area contributed by atoms with E-state index in [1.165, 1.54) is 6.42 Å². The topological polar surface area (TPSA) is 67.6 Å². The maximum atomic E-state index is 12.0. The summed E-state index contributed by atoms with van der Waals surface area (Å²) in [5, 5.41) is 3.33. The minimum absolute atomic E-state index is 0.109. The van der Waals surface area contributed by atoms with Crippen LogP contribution >= 0.6 is 11.6 Å². The highest BCUT2D eigenvalue weighted by atomic mass is 35.5. The van der Waals surface area contributed by atoms with Crippen molar-refractivity contribution in [2.75, 3.05) is 37.8 Å². The van der Waals surface area contributed by atoms with Crippen LogP contribution in [0.3, 0.4) is 0 Å². The number of ether oxygens (including phenoxy) is 1. The van der Waals surface area contributed by atoms with Gasteiger partial charge < -0.3 is 15.8 Å². The molecule has 0 saturated carbocycles. The summed E-state index contributed by atoms with van der Waals surface area (Å²) in [7, 11) is 1.92. The number of amides is 1. The van der Waals surface area contributed by atoms with Gasteiger partial charge >= 0.3 is 0 Å². The SMILES string of the molecule is CN(CC(=O)Nc1cc(Cl)ccc1N)CC1CCCCO1. The summed E-state index contributed by atoms with van der Waals surface area (Å²) >= 11 is 5.90. The number of nitrogens with one attached hydrogen (secondary N) is 1. The van der Waals surface area contributed by atoms with Gasteiger partial charge in [-0.25, -0.2) is 0 Å². The Morgan fingerprint density at radius 2 is 2.33 bits per heavy atom. The molecule has 2 rings (SSSR count). The highest BCUT2D eigenvalue weighted by molar-refractivity contribution is 6.31. The van der Waals surface area contributed by atoms with Crippen molar-refractivity contribution in [1.29, 1.82) is 0 Å². The van der Waals surface area contributed by atoms with E-state index >= 15 is 0 Å². The molecule has 0 aromatic heterocycles. The van der Waals surface area contributed by atoms with Crippen LogP contribution in [0.4, 0.5) is 11.4 Å². The van der Waals surface area contributed by atoms with Crippen LogP contribution in [-0.2, 0) is 9.53 Å². The molecule has 6 heteroatoms. The van der Waals surface area contributed by atoms with E-state index in [4.69, 9.17) is 22.1 Å². The van der Waals surface area contributed by atoms with Crippen molar-refractivity contribution in [2.45, 2.75) is 25.4 Å². The van der Waals surface area contributed by atoms with E-state index in [0.717, 1.165) is 26.0 Å². The molecule has 116 valence electrons. The molecule has 1 heterocycles. The Hall–Kier alpha value is -1.30. The molecule has 3 N–H and O–H groups in total. The monoisotopic (exact) mass is 311 g/mol. The third-order valence-electron chi connectivity index (χ3n) is 3.49. The number of hydrogen-bond acceptors (Lipinski definition) is 4. The van der Waals surface area contributed by atoms with Crippen molar-refractivity contribution in [3.8, 4) is 0 Å². The minimum Gasteiger partial charge on any atom is -0.397 e. The van der Waals surface area contributed by atoms with Gasteiger partial charge in [0, 0.05) is 18.2 Å². The number of nitrogens with two attached hydrogens (primary N) is 1. The molecule has 5 nitrogen and oxygen atoms in total. The highest BCUT2D eigenvalue weighted by Crippen LogP contribution is 2.22. The van der Waals surface area contributed by atoms with E-state index in [1.807, 2.05) is 11.9 Å². The van der Waals surface area contributed by atoms with Crippen molar-refractivity contribution in [2.24, 2.45) is 0 Å². The largest absolute Gasteiger partial charge is 0.397 e. The van der Waals surface area contributed by atoms with Crippen LogP contribution in [0, 0.1) is 0 Å². The zero-order valence-electron chi connectivity index (χ0n) is 12.3. The molecule has 0 bridgehead atoms. The number of likely N-dealkylation sites (N-methyl/N-ethyl adjacent to an activating group) is 1. The zero-order chi connectivity index (χ0) is 15.2. The standard InChI is InChI=1S/C15H22ClN3O2/c1-19(9-12-4-2-3-7-21-12)10-15(20)18-14-8-11(16)5-6-13(14)17/h5-6,8,12H,2-4,7,9-10,17H2,1H3,(H,18,20). The summed E-state index contributed by atoms with van der Waals surface area (Å²) in [5.41, 5.74) is 6.87. The Morgan fingerprint density at radius 1 is 1.52 bits per heavy atom. The van der Waals surface area contributed by atoms with Crippen LogP contribution in [-0.4, -0.2) is 43.7 Å². The number of nitrogens with zero attached hydrogens (tertiary/aromatic N) is 1. The number of hydrogen-bond donors (Lipinski definition) is 2. The molecular formula is C15H22ClN3O2. The number of rotatable bonds is 5. The zero-order valence-corrected chi connectivity index (χ0v) is 13.0. The van der Waals surface area contributed by atoms with Gasteiger partial charge in [0.1, 0.15) is 0 Å². The Morgan fingerprint density at radius 3 is 3.05 bits per heavy atom. The number of carbonyl (C=O) groups excluding carboxylic acids is 1. The van der Waals surface area contributed by atoms with E-state index in [9.17, 15) is 4.79 Å². The second-order valence-electron chi connectivity index (χ2n) is 5.47. The molecule has 1 aromatic rings. The molecule has 1 aliphatic rings. The van der Waals surface area contributed by atoms with E-state index in [-0.39, 0.29) is 12.0 Å². The number of anilines is 2. The molecule has 1 aliphatic heterocycles. The molecule has 0 radical (unpaired) electrons. The summed E-state index contributed by atoms with van der Waals surface area (Å²) < 4.78 is 5.67. The molecule has 21 heavy (non-hydrogen) atoms. The van der Waals surface area contributed by atoms with Crippen LogP contribution < -0.4 is 11.1 Å². The van der Waals surface area contributed by atoms with Gasteiger partial charge in [-0.2, -0.15) is 0 Å². The van der Waals surface area contributed by atoms with Gasteiger partial charge in [0.25, 0.3) is 0 Å². The van der Waals surface area contributed by atoms with Crippen LogP contribution in [0.2, 0.25) is 5.02 Å². The molecule has 1 amide bonds. The van der Waals surface area contributed by atoms with Crippen molar-refractivity contribution in [3.05, 3.63) is 23.2 Å². The van der Waals surface area contributed by atoms with Crippen LogP contribution in [0.25, 0.3) is 0 Å². The van der Waals surface area contributed by atoms with Gasteiger partial charge in [-0.15, -0.1) is 0 Å². The Balaban J connectivity index is 1.81. The Bertz CT molecular complexity index is 490. The fraction of sp³-hybridized carbons (Fsp3) is 0.533. The average molecular weight is 312 g/mol. The fourth-order valence-electron chi connectivity index (χ4n) is 2.44. The summed E-state index contributed by atoms with van der Waals surface area (Å²) in [6.07, 6.45) is 3.62. The van der Waals surface area contributed by atoms with Gasteiger partial charge in [-0.1, -0.05) is 11.6 Å². The van der Waals surface area contributed by atoms with Crippen LogP contribution in [0.1, 0.15) is 19.3 Å². The third-order valence-corrected chi connectivity index (χ3v) is 3.73. The van der Waals surface area contributed by atoms with E-state index in [0.29, 0.717) is 22.9 Å². The molecule has 1 saturated heterocycles. The minimum atomic E-state index is -0.109. The normalized spacial score (nSPS) is 18.7. The Labute approximate surface area is 130 Å². The van der Waals surface area contributed by atoms with Gasteiger partial charge in [0.05, 0.1) is 24.0 Å². The fourth-order valence-corrected chi connectivity index (χ4v) is 2.61. The smallest absolute Gasteiger partial charge is 0.238 e. The molecular weight excluding hydrogens is 290 g/mol. The first-order valence-corrected chi connectivity index (χ1v) is 7.57. The number of nitrogen functional groups attached to an aromatic ring is 1. The molecule has 1 unspecified atom stereocenters. The van der Waals surface area contributed by atoms with Gasteiger partial charge in [-0.3, -0.25) is 9.69 Å². The average Bonchev–Trinajstić information content (AvgIpc) is 2.43. The molecule has 0 aliphatic carbocycles. The van der Waals surface area contributed by atoms with Crippen LogP contribution in [0.15, 0.2) is 18.2 Å². The Kier molecular flexibility index (Phi) is 5.85. The van der Waals surface area contributed by atoms with E-state index in [1.54, 1.807) is 18.2 Å². The summed E-state index contributed by atoms with van der Waals surface area (Å²) in [6.45, 7) is 1.88. The van der Waals surface area contributed by atoms with Crippen molar-refractivity contribution < 1.29 is 9.53 Å². The van der Waals surface area contributed by atoms with Crippen LogP contribution in [0.5, 0.6) is 0 Å². The first kappa shape index (κ1) is 16.1. The van der Waals surface area contributed by atoms with E-state index in [2.05, 4.69) is 5.32 Å². The van der Waals surface area contributed by atoms with E-state index < -0.39 is 0 Å². The summed E-state index contributed by atoms with van der Waals surface area (Å²) in [6, 6.07) is 5.02. The molecule has 0 spiro atoms. The highest BCUT2D eigenvalue weighted by Gasteiger charge is 2.17. The van der Waals surface area contributed by atoms with Gasteiger partial charge in [0.15, 0.2) is 0 Å². The first-order valence-electron chi connectivity index (χ1n) is 7.19. The molecule has 1 fully saturated rings. The molecule has 1 aromatic carbocycles. The lowest BCUT2D eigenvalue weighted by Gasteiger charge is -2.27. The number of carbonyl (C=O) groups is 1. The van der Waals surface area contributed by atoms with Crippen molar-refractivity contribution in [3.63, 3.8) is 0 Å².